The smallest absolute Gasteiger partial charge is 0.335 e. The van der Waals surface area contributed by atoms with E-state index in [0.29, 0.717) is 23.8 Å². The fourth-order valence-electron chi connectivity index (χ4n) is 5.02. The molecule has 0 bridgehead atoms. The summed E-state index contributed by atoms with van der Waals surface area (Å²) in [4.78, 5) is 11.1. The van der Waals surface area contributed by atoms with Gasteiger partial charge in [-0.1, -0.05) is 36.4 Å². The van der Waals surface area contributed by atoms with Crippen molar-refractivity contribution in [2.24, 2.45) is 5.92 Å². The largest absolute Gasteiger partial charge is 0.492 e. The summed E-state index contributed by atoms with van der Waals surface area (Å²) in [7, 11) is 0. The van der Waals surface area contributed by atoms with E-state index in [1.54, 1.807) is 44.2 Å². The van der Waals surface area contributed by atoms with Gasteiger partial charge in [0.05, 0.1) is 29.4 Å². The van der Waals surface area contributed by atoms with Crippen molar-refractivity contribution in [3.63, 3.8) is 0 Å². The summed E-state index contributed by atoms with van der Waals surface area (Å²) < 4.78 is 6.03. The van der Waals surface area contributed by atoms with Gasteiger partial charge in [0.2, 0.25) is 0 Å². The third-order valence-electron chi connectivity index (χ3n) is 7.43. The molecule has 0 spiro atoms. The summed E-state index contributed by atoms with van der Waals surface area (Å²) >= 11 is 0. The molecule has 0 amide bonds. The number of aliphatic hydroxyl groups excluding tert-OH is 1. The number of aliphatic hydroxyl groups is 1. The number of hydroxylamine groups is 1. The van der Waals surface area contributed by atoms with E-state index >= 15 is 0 Å². The highest BCUT2D eigenvalue weighted by molar-refractivity contribution is 5.88. The van der Waals surface area contributed by atoms with E-state index in [1.165, 1.54) is 11.1 Å². The molecule has 0 aromatic heterocycles. The number of hydrogen-bond donors (Lipinski definition) is 4. The minimum atomic E-state index is -0.970. The van der Waals surface area contributed by atoms with Crippen molar-refractivity contribution in [2.75, 3.05) is 6.61 Å². The SMILES string of the molecule is CC(C)(NO)C(O)c1ccc2c(c1)CC(CCCOc1cc(-c3ccc(C(=O)O)cc3)ccc1C#N)CC2. The van der Waals surface area contributed by atoms with E-state index < -0.39 is 17.6 Å². The molecule has 0 saturated carbocycles. The Kier molecular flexibility index (Phi) is 8.48. The number of aryl methyl sites for hydroxylation is 1. The summed E-state index contributed by atoms with van der Waals surface area (Å²) in [5, 5.41) is 38.7. The molecule has 0 fully saturated rings. The van der Waals surface area contributed by atoms with Crippen LogP contribution in [-0.2, 0) is 12.8 Å². The molecule has 7 heteroatoms. The maximum absolute atomic E-state index is 11.1. The maximum atomic E-state index is 11.1. The van der Waals surface area contributed by atoms with Crippen LogP contribution >= 0.6 is 0 Å². The summed E-state index contributed by atoms with van der Waals surface area (Å²) in [5.41, 5.74) is 7.11. The van der Waals surface area contributed by atoms with Crippen molar-refractivity contribution in [2.45, 2.75) is 57.6 Å². The molecule has 2 unspecified atom stereocenters. The first-order valence-corrected chi connectivity index (χ1v) is 12.9. The first-order valence-electron chi connectivity index (χ1n) is 12.9. The molecule has 4 N–H and O–H groups in total. The van der Waals surface area contributed by atoms with Crippen LogP contribution in [0.25, 0.3) is 11.1 Å². The van der Waals surface area contributed by atoms with Gasteiger partial charge in [-0.15, -0.1) is 0 Å². The Morgan fingerprint density at radius 1 is 1.11 bits per heavy atom. The summed E-state index contributed by atoms with van der Waals surface area (Å²) in [6.07, 6.45) is 4.06. The number of carbonyl (C=O) groups is 1. The van der Waals surface area contributed by atoms with Crippen molar-refractivity contribution in [3.05, 3.63) is 88.5 Å². The topological polar surface area (TPSA) is 123 Å². The van der Waals surface area contributed by atoms with Gasteiger partial charge in [0.1, 0.15) is 11.8 Å². The van der Waals surface area contributed by atoms with Crippen LogP contribution in [0, 0.1) is 17.2 Å². The van der Waals surface area contributed by atoms with Gasteiger partial charge in [0.15, 0.2) is 0 Å². The number of carboxylic acids is 1. The Hall–Kier alpha value is -3.70. The Balaban J connectivity index is 1.35. The summed E-state index contributed by atoms with van der Waals surface area (Å²) in [6, 6.07) is 20.3. The van der Waals surface area contributed by atoms with Crippen LogP contribution in [0.4, 0.5) is 0 Å². The fourth-order valence-corrected chi connectivity index (χ4v) is 5.02. The molecule has 0 heterocycles. The van der Waals surface area contributed by atoms with Gasteiger partial charge in [-0.2, -0.15) is 10.7 Å². The molecule has 3 aromatic rings. The Labute approximate surface area is 223 Å². The molecule has 198 valence electrons. The van der Waals surface area contributed by atoms with Crippen LogP contribution in [-0.4, -0.2) is 33.5 Å². The van der Waals surface area contributed by atoms with Gasteiger partial charge in [0, 0.05) is 0 Å². The summed E-state index contributed by atoms with van der Waals surface area (Å²) in [6.45, 7) is 4.00. The van der Waals surface area contributed by atoms with Crippen molar-refractivity contribution >= 4 is 5.97 Å². The first kappa shape index (κ1) is 27.3. The van der Waals surface area contributed by atoms with Crippen LogP contribution < -0.4 is 10.2 Å². The van der Waals surface area contributed by atoms with Gasteiger partial charge >= 0.3 is 5.97 Å². The monoisotopic (exact) mass is 514 g/mol. The van der Waals surface area contributed by atoms with Crippen molar-refractivity contribution in [3.8, 4) is 22.9 Å². The zero-order valence-corrected chi connectivity index (χ0v) is 21.8. The number of ether oxygens (including phenoxy) is 1. The lowest BCUT2D eigenvalue weighted by atomic mass is 9.80. The highest BCUT2D eigenvalue weighted by atomic mass is 16.5. The third kappa shape index (κ3) is 6.22. The number of fused-ring (bicyclic) bond motifs is 1. The number of nitrogens with zero attached hydrogens (tertiary/aromatic N) is 1. The van der Waals surface area contributed by atoms with E-state index in [-0.39, 0.29) is 5.56 Å². The lowest BCUT2D eigenvalue weighted by Crippen LogP contribution is -2.42. The number of nitrogens with one attached hydrogen (secondary N) is 1. The second-order valence-electron chi connectivity index (χ2n) is 10.6. The zero-order valence-electron chi connectivity index (χ0n) is 21.8. The Morgan fingerprint density at radius 2 is 1.84 bits per heavy atom. The molecule has 0 radical (unpaired) electrons. The molecule has 2 atom stereocenters. The Morgan fingerprint density at radius 3 is 2.53 bits per heavy atom. The van der Waals surface area contributed by atoms with Gasteiger partial charge < -0.3 is 20.2 Å². The average molecular weight is 515 g/mol. The fraction of sp³-hybridized carbons (Fsp3) is 0.355. The number of carboxylic acid groups (broad SMARTS) is 1. The van der Waals surface area contributed by atoms with E-state index in [0.717, 1.165) is 48.8 Å². The molecule has 0 saturated heterocycles. The van der Waals surface area contributed by atoms with E-state index in [2.05, 4.69) is 23.7 Å². The first-order chi connectivity index (χ1) is 18.2. The van der Waals surface area contributed by atoms with Gasteiger partial charge in [-0.3, -0.25) is 0 Å². The molecule has 0 aliphatic heterocycles. The summed E-state index contributed by atoms with van der Waals surface area (Å²) in [5.74, 6) is 0.0693. The van der Waals surface area contributed by atoms with Crippen LogP contribution in [0.15, 0.2) is 60.7 Å². The second kappa shape index (κ2) is 11.8. The van der Waals surface area contributed by atoms with E-state index in [1.807, 2.05) is 18.2 Å². The highest BCUT2D eigenvalue weighted by Crippen LogP contribution is 2.33. The van der Waals surface area contributed by atoms with Gasteiger partial charge in [-0.25, -0.2) is 4.79 Å². The Bertz CT molecular complexity index is 1330. The lowest BCUT2D eigenvalue weighted by molar-refractivity contribution is -0.0103. The normalized spacial score (nSPS) is 15.8. The molecule has 38 heavy (non-hydrogen) atoms. The predicted octanol–water partition coefficient (Wildman–Crippen LogP) is 5.68. The molecule has 7 nitrogen and oxygen atoms in total. The van der Waals surface area contributed by atoms with Crippen LogP contribution in [0.1, 0.15) is 71.8 Å². The van der Waals surface area contributed by atoms with E-state index in [4.69, 9.17) is 9.84 Å². The minimum absolute atomic E-state index is 0.225. The molecular weight excluding hydrogens is 480 g/mol. The number of rotatable bonds is 10. The van der Waals surface area contributed by atoms with Gasteiger partial charge in [0.25, 0.3) is 0 Å². The van der Waals surface area contributed by atoms with Crippen molar-refractivity contribution < 1.29 is 25.0 Å². The molecular formula is C31H34N2O5. The lowest BCUT2D eigenvalue weighted by Gasteiger charge is -2.31. The molecule has 4 rings (SSSR count). The van der Waals surface area contributed by atoms with Crippen LogP contribution in [0.2, 0.25) is 0 Å². The second-order valence-corrected chi connectivity index (χ2v) is 10.6. The molecule has 1 aliphatic rings. The average Bonchev–Trinajstić information content (AvgIpc) is 2.94. The zero-order chi connectivity index (χ0) is 27.3. The minimum Gasteiger partial charge on any atom is -0.492 e. The molecule has 1 aliphatic carbocycles. The quantitative estimate of drug-likeness (QED) is 0.203. The third-order valence-corrected chi connectivity index (χ3v) is 7.43. The number of benzene rings is 3. The predicted molar refractivity (Wildman–Crippen MR) is 144 cm³/mol. The standard InChI is InChI=1S/C31H34N2O5/c1-31(2,33-37)29(34)25-13-9-22-6-5-20(16-27(22)17-25)4-3-15-38-28-18-24(12-14-26(28)19-32)21-7-10-23(11-8-21)30(35)36/h7-14,17-18,20,29,33-34,37H,3-6,15-16H2,1-2H3,(H,35,36). The van der Waals surface area contributed by atoms with Crippen LogP contribution in [0.3, 0.4) is 0 Å². The van der Waals surface area contributed by atoms with Crippen LogP contribution in [0.5, 0.6) is 5.75 Å². The number of aromatic carboxylic acids is 1. The van der Waals surface area contributed by atoms with Crippen molar-refractivity contribution in [1.82, 2.24) is 5.48 Å². The number of nitriles is 1. The van der Waals surface area contributed by atoms with Crippen molar-refractivity contribution in [1.29, 1.82) is 5.26 Å². The van der Waals surface area contributed by atoms with E-state index in [9.17, 15) is 20.4 Å². The maximum Gasteiger partial charge on any atom is 0.335 e. The van der Waals surface area contributed by atoms with Gasteiger partial charge in [-0.05, 0) is 104 Å². The number of hydrogen-bond acceptors (Lipinski definition) is 6. The highest BCUT2D eigenvalue weighted by Gasteiger charge is 2.29. The molecule has 3 aromatic carbocycles.